The molecule has 1 fully saturated rings. The predicted octanol–water partition coefficient (Wildman–Crippen LogP) is 2.65. The van der Waals surface area contributed by atoms with Gasteiger partial charge in [-0.05, 0) is 31.6 Å². The van der Waals surface area contributed by atoms with Crippen molar-refractivity contribution in [3.63, 3.8) is 0 Å². The quantitative estimate of drug-likeness (QED) is 0.274. The molecule has 0 atom stereocenters. The second-order valence-electron chi connectivity index (χ2n) is 6.16. The highest BCUT2D eigenvalue weighted by Crippen LogP contribution is 2.40. The lowest BCUT2D eigenvalue weighted by atomic mass is 9.83. The zero-order valence-corrected chi connectivity index (χ0v) is 17.3. The molecule has 138 valence electrons. The zero-order valence-electron chi connectivity index (χ0n) is 14.9. The van der Waals surface area contributed by atoms with Crippen molar-refractivity contribution in [2.24, 2.45) is 10.4 Å². The Hall–Kier alpha value is -0.900. The minimum Gasteiger partial charge on any atom is -0.382 e. The third-order valence-corrected chi connectivity index (χ3v) is 4.48. The van der Waals surface area contributed by atoms with E-state index in [0.717, 1.165) is 32.1 Å². The van der Waals surface area contributed by atoms with Gasteiger partial charge < -0.3 is 19.9 Å². The monoisotopic (exact) mass is 451 g/mol. The Labute approximate surface area is 161 Å². The maximum absolute atomic E-state index is 5.56. The number of ether oxygens (including phenoxy) is 1. The molecule has 0 radical (unpaired) electrons. The van der Waals surface area contributed by atoms with Crippen molar-refractivity contribution in [2.45, 2.75) is 52.5 Å². The van der Waals surface area contributed by atoms with Gasteiger partial charge in [-0.15, -0.1) is 24.0 Å². The summed E-state index contributed by atoms with van der Waals surface area (Å²) in [4.78, 5) is 8.45. The zero-order chi connectivity index (χ0) is 16.5. The fourth-order valence-corrected chi connectivity index (χ4v) is 3.14. The molecule has 1 aromatic rings. The number of aliphatic imine (C=N–C) groups is 1. The molecule has 0 bridgehead atoms. The molecule has 2 N–H and O–H groups in total. The van der Waals surface area contributed by atoms with Gasteiger partial charge in [-0.3, -0.25) is 4.99 Å². The van der Waals surface area contributed by atoms with Gasteiger partial charge in [0.2, 0.25) is 5.89 Å². The average molecular weight is 451 g/mol. The first kappa shape index (κ1) is 21.1. The van der Waals surface area contributed by atoms with Crippen LogP contribution in [-0.4, -0.2) is 42.9 Å². The SMILES string of the molecule is CCOCCC1(CNC(=NC)NCc2noc(C)n2)CCCC1.I. The van der Waals surface area contributed by atoms with E-state index >= 15 is 0 Å². The summed E-state index contributed by atoms with van der Waals surface area (Å²) in [7, 11) is 1.78. The van der Waals surface area contributed by atoms with Gasteiger partial charge in [0.25, 0.3) is 0 Å². The van der Waals surface area contributed by atoms with Crippen molar-refractivity contribution in [2.75, 3.05) is 26.8 Å². The molecule has 0 amide bonds. The number of aromatic nitrogens is 2. The van der Waals surface area contributed by atoms with Crippen LogP contribution >= 0.6 is 24.0 Å². The minimum atomic E-state index is 0. The Balaban J connectivity index is 0.00000288. The van der Waals surface area contributed by atoms with E-state index in [2.05, 4.69) is 25.8 Å². The normalized spacial score (nSPS) is 16.7. The number of nitrogens with zero attached hydrogens (tertiary/aromatic N) is 3. The van der Waals surface area contributed by atoms with E-state index in [9.17, 15) is 0 Å². The van der Waals surface area contributed by atoms with E-state index in [0.29, 0.717) is 23.7 Å². The number of aryl methyl sites for hydroxylation is 1. The van der Waals surface area contributed by atoms with Crippen LogP contribution < -0.4 is 10.6 Å². The van der Waals surface area contributed by atoms with Crippen LogP contribution in [0.3, 0.4) is 0 Å². The molecule has 1 aliphatic carbocycles. The van der Waals surface area contributed by atoms with Gasteiger partial charge in [-0.25, -0.2) is 0 Å². The van der Waals surface area contributed by atoms with E-state index in [1.165, 1.54) is 25.7 Å². The molecular formula is C16H30IN5O2. The van der Waals surface area contributed by atoms with Crippen molar-refractivity contribution in [1.82, 2.24) is 20.8 Å². The molecule has 1 aliphatic rings. The number of nitrogens with one attached hydrogen (secondary N) is 2. The third kappa shape index (κ3) is 6.54. The fourth-order valence-electron chi connectivity index (χ4n) is 3.14. The molecule has 1 aromatic heterocycles. The maximum atomic E-state index is 5.56. The summed E-state index contributed by atoms with van der Waals surface area (Å²) in [5.74, 6) is 1.98. The lowest BCUT2D eigenvalue weighted by Crippen LogP contribution is -2.43. The van der Waals surface area contributed by atoms with Gasteiger partial charge in [0.15, 0.2) is 11.8 Å². The molecule has 1 saturated carbocycles. The Bertz CT molecular complexity index is 500. The Morgan fingerprint density at radius 1 is 1.33 bits per heavy atom. The van der Waals surface area contributed by atoms with Gasteiger partial charge in [0.05, 0.1) is 6.54 Å². The third-order valence-electron chi connectivity index (χ3n) is 4.48. The lowest BCUT2D eigenvalue weighted by molar-refractivity contribution is 0.105. The van der Waals surface area contributed by atoms with Crippen LogP contribution in [0.25, 0.3) is 0 Å². The molecule has 1 heterocycles. The van der Waals surface area contributed by atoms with Gasteiger partial charge in [-0.1, -0.05) is 18.0 Å². The van der Waals surface area contributed by atoms with Crippen LogP contribution in [0.4, 0.5) is 0 Å². The number of hydrogen-bond donors (Lipinski definition) is 2. The first-order valence-electron chi connectivity index (χ1n) is 8.49. The summed E-state index contributed by atoms with van der Waals surface area (Å²) in [5.41, 5.74) is 0.329. The second-order valence-corrected chi connectivity index (χ2v) is 6.16. The summed E-state index contributed by atoms with van der Waals surface area (Å²) in [6.07, 6.45) is 6.24. The van der Waals surface area contributed by atoms with E-state index < -0.39 is 0 Å². The molecule has 24 heavy (non-hydrogen) atoms. The Kier molecular flexibility index (Phi) is 9.57. The van der Waals surface area contributed by atoms with E-state index in [1.807, 2.05) is 6.92 Å². The smallest absolute Gasteiger partial charge is 0.223 e. The molecule has 0 spiro atoms. The average Bonchev–Trinajstić information content (AvgIpc) is 3.18. The Morgan fingerprint density at radius 2 is 2.08 bits per heavy atom. The van der Waals surface area contributed by atoms with Crippen LogP contribution in [0.2, 0.25) is 0 Å². The van der Waals surface area contributed by atoms with Crippen LogP contribution in [-0.2, 0) is 11.3 Å². The molecule has 2 rings (SSSR count). The number of hydrogen-bond acceptors (Lipinski definition) is 5. The first-order chi connectivity index (χ1) is 11.2. The summed E-state index contributed by atoms with van der Waals surface area (Å²) in [6, 6.07) is 0. The summed E-state index contributed by atoms with van der Waals surface area (Å²) >= 11 is 0. The summed E-state index contributed by atoms with van der Waals surface area (Å²) in [5, 5.41) is 10.6. The van der Waals surface area contributed by atoms with Gasteiger partial charge in [0, 0.05) is 33.7 Å². The minimum absolute atomic E-state index is 0. The van der Waals surface area contributed by atoms with Crippen LogP contribution in [0, 0.1) is 12.3 Å². The topological polar surface area (TPSA) is 84.6 Å². The van der Waals surface area contributed by atoms with E-state index in [1.54, 1.807) is 14.0 Å². The van der Waals surface area contributed by atoms with Crippen molar-refractivity contribution >= 4 is 29.9 Å². The number of rotatable bonds is 8. The standard InChI is InChI=1S/C16H29N5O2.HI/c1-4-22-10-9-16(7-5-6-8-16)12-19-15(17-3)18-11-14-20-13(2)23-21-14;/h4-12H2,1-3H3,(H2,17,18,19);1H. The summed E-state index contributed by atoms with van der Waals surface area (Å²) in [6.45, 7) is 6.88. The van der Waals surface area contributed by atoms with Gasteiger partial charge in [0.1, 0.15) is 0 Å². The molecule has 0 aromatic carbocycles. The van der Waals surface area contributed by atoms with Crippen LogP contribution in [0.15, 0.2) is 9.52 Å². The van der Waals surface area contributed by atoms with Crippen molar-refractivity contribution < 1.29 is 9.26 Å². The van der Waals surface area contributed by atoms with E-state index in [-0.39, 0.29) is 24.0 Å². The van der Waals surface area contributed by atoms with Crippen LogP contribution in [0.5, 0.6) is 0 Å². The van der Waals surface area contributed by atoms with Crippen LogP contribution in [0.1, 0.15) is 50.7 Å². The molecule has 7 nitrogen and oxygen atoms in total. The molecular weight excluding hydrogens is 421 g/mol. The second kappa shape index (κ2) is 10.9. The van der Waals surface area contributed by atoms with Crippen molar-refractivity contribution in [3.05, 3.63) is 11.7 Å². The van der Waals surface area contributed by atoms with Crippen molar-refractivity contribution in [3.8, 4) is 0 Å². The molecule has 0 saturated heterocycles. The predicted molar refractivity (Wildman–Crippen MR) is 105 cm³/mol. The summed E-state index contributed by atoms with van der Waals surface area (Å²) < 4.78 is 10.5. The van der Waals surface area contributed by atoms with Gasteiger partial charge in [-0.2, -0.15) is 4.98 Å². The highest BCUT2D eigenvalue weighted by Gasteiger charge is 2.33. The van der Waals surface area contributed by atoms with Crippen molar-refractivity contribution in [1.29, 1.82) is 0 Å². The van der Waals surface area contributed by atoms with Gasteiger partial charge >= 0.3 is 0 Å². The Morgan fingerprint density at radius 3 is 2.67 bits per heavy atom. The first-order valence-corrected chi connectivity index (χ1v) is 8.49. The number of halogens is 1. The lowest BCUT2D eigenvalue weighted by Gasteiger charge is -2.30. The highest BCUT2D eigenvalue weighted by atomic mass is 127. The molecule has 0 aliphatic heterocycles. The number of guanidine groups is 1. The van der Waals surface area contributed by atoms with E-state index in [4.69, 9.17) is 9.26 Å². The largest absolute Gasteiger partial charge is 0.382 e. The molecule has 0 unspecified atom stereocenters. The molecule has 8 heteroatoms. The maximum Gasteiger partial charge on any atom is 0.223 e. The fraction of sp³-hybridized carbons (Fsp3) is 0.812. The highest BCUT2D eigenvalue weighted by molar-refractivity contribution is 14.0.